The summed E-state index contributed by atoms with van der Waals surface area (Å²) in [4.78, 5) is 13.4. The summed E-state index contributed by atoms with van der Waals surface area (Å²) < 4.78 is 35.4. The molecule has 1 heterocycles. The zero-order valence-corrected chi connectivity index (χ0v) is 8.60. The molecule has 1 N–H and O–H groups in total. The van der Waals surface area contributed by atoms with Gasteiger partial charge in [-0.2, -0.15) is 13.2 Å². The third-order valence-electron chi connectivity index (χ3n) is 2.47. The van der Waals surface area contributed by atoms with Crippen molar-refractivity contribution < 1.29 is 18.0 Å². The molecule has 1 rings (SSSR count). The van der Waals surface area contributed by atoms with Gasteiger partial charge in [0.05, 0.1) is 12.3 Å². The Hall–Kier alpha value is -0.780. The molecule has 0 saturated carbocycles. The summed E-state index contributed by atoms with van der Waals surface area (Å²) in [5.41, 5.74) is 0. The second-order valence-electron chi connectivity index (χ2n) is 3.90. The Morgan fingerprint density at radius 1 is 1.53 bits per heavy atom. The lowest BCUT2D eigenvalue weighted by Gasteiger charge is -2.12. The fourth-order valence-corrected chi connectivity index (χ4v) is 1.62. The summed E-state index contributed by atoms with van der Waals surface area (Å²) in [6.45, 7) is 1.15. The van der Waals surface area contributed by atoms with Gasteiger partial charge in [0.25, 0.3) is 0 Å². The highest BCUT2D eigenvalue weighted by atomic mass is 19.4. The van der Waals surface area contributed by atoms with Crippen LogP contribution in [0.4, 0.5) is 13.2 Å². The average Bonchev–Trinajstić information content (AvgIpc) is 2.49. The van der Waals surface area contributed by atoms with Crippen LogP contribution in [0.5, 0.6) is 0 Å². The molecule has 1 unspecified atom stereocenters. The number of carbonyl (C=O) groups is 1. The Bertz CT molecular complexity index is 230. The predicted molar refractivity (Wildman–Crippen MR) is 49.3 cm³/mol. The number of amides is 1. The summed E-state index contributed by atoms with van der Waals surface area (Å²) >= 11 is 0. The SMILES string of the molecule is CN1CCC(C(=O)NCCC(F)(F)F)C1. The van der Waals surface area contributed by atoms with Crippen LogP contribution in [0.15, 0.2) is 0 Å². The molecule has 1 atom stereocenters. The Labute approximate surface area is 86.6 Å². The molecule has 1 aliphatic rings. The molecule has 88 valence electrons. The number of nitrogens with one attached hydrogen (secondary N) is 1. The van der Waals surface area contributed by atoms with Gasteiger partial charge < -0.3 is 10.2 Å². The third-order valence-corrected chi connectivity index (χ3v) is 2.47. The molecule has 3 nitrogen and oxygen atoms in total. The first kappa shape index (κ1) is 12.3. The van der Waals surface area contributed by atoms with E-state index in [0.717, 1.165) is 13.0 Å². The van der Waals surface area contributed by atoms with Gasteiger partial charge in [-0.25, -0.2) is 0 Å². The standard InChI is InChI=1S/C9H15F3N2O/c1-14-5-2-7(6-14)8(15)13-4-3-9(10,11)12/h7H,2-6H2,1H3,(H,13,15). The van der Waals surface area contributed by atoms with Gasteiger partial charge in [-0.15, -0.1) is 0 Å². The van der Waals surface area contributed by atoms with Crippen molar-refractivity contribution in [3.63, 3.8) is 0 Å². The first-order chi connectivity index (χ1) is 6.88. The normalized spacial score (nSPS) is 23.1. The number of rotatable bonds is 3. The van der Waals surface area contributed by atoms with E-state index in [0.29, 0.717) is 6.54 Å². The van der Waals surface area contributed by atoms with E-state index in [9.17, 15) is 18.0 Å². The van der Waals surface area contributed by atoms with E-state index in [-0.39, 0.29) is 18.4 Å². The van der Waals surface area contributed by atoms with Gasteiger partial charge in [0, 0.05) is 13.1 Å². The van der Waals surface area contributed by atoms with Crippen LogP contribution in [0, 0.1) is 5.92 Å². The summed E-state index contributed by atoms with van der Waals surface area (Å²) in [5, 5.41) is 2.32. The summed E-state index contributed by atoms with van der Waals surface area (Å²) in [6, 6.07) is 0. The molecule has 0 aliphatic carbocycles. The van der Waals surface area contributed by atoms with Crippen LogP contribution in [0.25, 0.3) is 0 Å². The second kappa shape index (κ2) is 4.83. The van der Waals surface area contributed by atoms with Crippen molar-refractivity contribution in [3.05, 3.63) is 0 Å². The molecule has 1 saturated heterocycles. The molecular formula is C9H15F3N2O. The molecule has 0 spiro atoms. The van der Waals surface area contributed by atoms with E-state index in [4.69, 9.17) is 0 Å². The van der Waals surface area contributed by atoms with Crippen molar-refractivity contribution in [2.45, 2.75) is 19.0 Å². The van der Waals surface area contributed by atoms with Crippen LogP contribution in [-0.4, -0.2) is 43.7 Å². The highest BCUT2D eigenvalue weighted by Crippen LogP contribution is 2.19. The minimum Gasteiger partial charge on any atom is -0.355 e. The fraction of sp³-hybridized carbons (Fsp3) is 0.889. The largest absolute Gasteiger partial charge is 0.390 e. The average molecular weight is 224 g/mol. The van der Waals surface area contributed by atoms with Crippen LogP contribution in [0.2, 0.25) is 0 Å². The quantitative estimate of drug-likeness (QED) is 0.775. The zero-order chi connectivity index (χ0) is 11.5. The van der Waals surface area contributed by atoms with E-state index >= 15 is 0 Å². The van der Waals surface area contributed by atoms with Crippen molar-refractivity contribution in [1.82, 2.24) is 10.2 Å². The Balaban J connectivity index is 2.19. The van der Waals surface area contributed by atoms with Crippen molar-refractivity contribution in [1.29, 1.82) is 0 Å². The van der Waals surface area contributed by atoms with Gasteiger partial charge >= 0.3 is 6.18 Å². The van der Waals surface area contributed by atoms with E-state index in [1.165, 1.54) is 0 Å². The van der Waals surface area contributed by atoms with Crippen LogP contribution in [0.3, 0.4) is 0 Å². The van der Waals surface area contributed by atoms with Crippen LogP contribution < -0.4 is 5.32 Å². The Kier molecular flexibility index (Phi) is 3.96. The first-order valence-corrected chi connectivity index (χ1v) is 4.91. The van der Waals surface area contributed by atoms with Gasteiger partial charge in [-0.1, -0.05) is 0 Å². The van der Waals surface area contributed by atoms with Gasteiger partial charge in [0.1, 0.15) is 0 Å². The first-order valence-electron chi connectivity index (χ1n) is 4.91. The number of likely N-dealkylation sites (tertiary alicyclic amines) is 1. The smallest absolute Gasteiger partial charge is 0.355 e. The van der Waals surface area contributed by atoms with E-state index < -0.39 is 12.6 Å². The molecule has 15 heavy (non-hydrogen) atoms. The molecule has 1 fully saturated rings. The summed E-state index contributed by atoms with van der Waals surface area (Å²) in [7, 11) is 1.89. The van der Waals surface area contributed by atoms with Crippen LogP contribution in [0.1, 0.15) is 12.8 Å². The maximum atomic E-state index is 11.8. The maximum Gasteiger partial charge on any atom is 0.390 e. The molecular weight excluding hydrogens is 209 g/mol. The minimum absolute atomic E-state index is 0.150. The number of halogens is 3. The van der Waals surface area contributed by atoms with Crippen molar-refractivity contribution in [2.24, 2.45) is 5.92 Å². The van der Waals surface area contributed by atoms with Gasteiger partial charge in [-0.3, -0.25) is 4.79 Å². The second-order valence-corrected chi connectivity index (χ2v) is 3.90. The third kappa shape index (κ3) is 4.51. The summed E-state index contributed by atoms with van der Waals surface area (Å²) in [5.74, 6) is -0.410. The fourth-order valence-electron chi connectivity index (χ4n) is 1.62. The molecule has 6 heteroatoms. The molecule has 0 aromatic carbocycles. The Morgan fingerprint density at radius 3 is 2.67 bits per heavy atom. The van der Waals surface area contributed by atoms with Crippen molar-refractivity contribution in [2.75, 3.05) is 26.7 Å². The Morgan fingerprint density at radius 2 is 2.20 bits per heavy atom. The van der Waals surface area contributed by atoms with Gasteiger partial charge in [0.2, 0.25) is 5.91 Å². The number of hydrogen-bond donors (Lipinski definition) is 1. The minimum atomic E-state index is -4.19. The number of hydrogen-bond acceptors (Lipinski definition) is 2. The molecule has 1 aliphatic heterocycles. The lowest BCUT2D eigenvalue weighted by molar-refractivity contribution is -0.136. The molecule has 0 aromatic rings. The highest BCUT2D eigenvalue weighted by Gasteiger charge is 2.29. The zero-order valence-electron chi connectivity index (χ0n) is 8.60. The molecule has 0 aromatic heterocycles. The van der Waals surface area contributed by atoms with E-state index in [2.05, 4.69) is 5.32 Å². The number of alkyl halides is 3. The van der Waals surface area contributed by atoms with E-state index in [1.54, 1.807) is 0 Å². The van der Waals surface area contributed by atoms with Crippen molar-refractivity contribution >= 4 is 5.91 Å². The lowest BCUT2D eigenvalue weighted by Crippen LogP contribution is -2.34. The van der Waals surface area contributed by atoms with Crippen LogP contribution >= 0.6 is 0 Å². The van der Waals surface area contributed by atoms with Crippen molar-refractivity contribution in [3.8, 4) is 0 Å². The molecule has 1 amide bonds. The maximum absolute atomic E-state index is 11.8. The number of nitrogens with zero attached hydrogens (tertiary/aromatic N) is 1. The van der Waals surface area contributed by atoms with Gasteiger partial charge in [-0.05, 0) is 20.0 Å². The van der Waals surface area contributed by atoms with Crippen LogP contribution in [-0.2, 0) is 4.79 Å². The summed E-state index contributed by atoms with van der Waals surface area (Å²) in [6.07, 6.45) is -4.42. The monoisotopic (exact) mass is 224 g/mol. The molecule has 0 bridgehead atoms. The van der Waals surface area contributed by atoms with Gasteiger partial charge in [0.15, 0.2) is 0 Å². The predicted octanol–water partition coefficient (Wildman–Crippen LogP) is 1.01. The topological polar surface area (TPSA) is 32.3 Å². The molecule has 0 radical (unpaired) electrons. The lowest BCUT2D eigenvalue weighted by atomic mass is 10.1. The highest BCUT2D eigenvalue weighted by molar-refractivity contribution is 5.79. The number of carbonyl (C=O) groups excluding carboxylic acids is 1. The van der Waals surface area contributed by atoms with E-state index in [1.807, 2.05) is 11.9 Å².